The minimum atomic E-state index is 0.193. The zero-order valence-corrected chi connectivity index (χ0v) is 19.8. The molecule has 0 radical (unpaired) electrons. The molecule has 2 unspecified atom stereocenters. The van der Waals surface area contributed by atoms with E-state index in [9.17, 15) is 4.79 Å². The highest BCUT2D eigenvalue weighted by Crippen LogP contribution is 2.22. The summed E-state index contributed by atoms with van der Waals surface area (Å²) < 4.78 is 5.99. The van der Waals surface area contributed by atoms with Gasteiger partial charge < -0.3 is 9.53 Å². The van der Waals surface area contributed by atoms with Crippen LogP contribution in [-0.2, 0) is 9.53 Å². The lowest BCUT2D eigenvalue weighted by Gasteiger charge is -2.21. The molecule has 1 fully saturated rings. The predicted molar refractivity (Wildman–Crippen MR) is 120 cm³/mol. The first-order chi connectivity index (χ1) is 12.8. The maximum atomic E-state index is 10.9. The van der Waals surface area contributed by atoms with E-state index in [0.717, 1.165) is 35.9 Å². The number of ether oxygens (including phenoxy) is 1. The van der Waals surface area contributed by atoms with Gasteiger partial charge in [0.2, 0.25) is 0 Å². The van der Waals surface area contributed by atoms with Gasteiger partial charge >= 0.3 is 0 Å². The molecule has 1 aliphatic rings. The maximum Gasteiger partial charge on any atom is 0.123 e. The third kappa shape index (κ3) is 12.9. The van der Waals surface area contributed by atoms with Gasteiger partial charge in [-0.2, -0.15) is 0 Å². The third-order valence-electron chi connectivity index (χ3n) is 5.72. The summed E-state index contributed by atoms with van der Waals surface area (Å²) in [5.74, 6) is 0.923. The fourth-order valence-corrected chi connectivity index (χ4v) is 4.95. The number of carbonyl (C=O) groups is 1. The van der Waals surface area contributed by atoms with E-state index in [2.05, 4.69) is 31.9 Å². The van der Waals surface area contributed by atoms with Crippen molar-refractivity contribution in [2.24, 2.45) is 11.8 Å². The molecule has 26 heavy (non-hydrogen) atoms. The highest BCUT2D eigenvalue weighted by atomic mass is 79.9. The quantitative estimate of drug-likeness (QED) is 0.119. The van der Waals surface area contributed by atoms with Crippen LogP contribution in [0.15, 0.2) is 0 Å². The van der Waals surface area contributed by atoms with Gasteiger partial charge in [0.05, 0.1) is 6.10 Å². The topological polar surface area (TPSA) is 26.3 Å². The number of alkyl halides is 2. The summed E-state index contributed by atoms with van der Waals surface area (Å²) in [4.78, 5) is 10.9. The van der Waals surface area contributed by atoms with Crippen LogP contribution in [0.2, 0.25) is 0 Å². The highest BCUT2D eigenvalue weighted by molar-refractivity contribution is 9.09. The Hall–Kier alpha value is 0.590. The predicted octanol–water partition coefficient (Wildman–Crippen LogP) is 7.46. The number of carbonyl (C=O) groups excluding carboxylic acids is 1. The lowest BCUT2D eigenvalue weighted by atomic mass is 9.94. The van der Waals surface area contributed by atoms with Gasteiger partial charge in [0.15, 0.2) is 0 Å². The van der Waals surface area contributed by atoms with Gasteiger partial charge in [0, 0.05) is 23.2 Å². The minimum absolute atomic E-state index is 0.193. The van der Waals surface area contributed by atoms with Gasteiger partial charge in [-0.3, -0.25) is 0 Å². The van der Waals surface area contributed by atoms with Crippen molar-refractivity contribution in [3.8, 4) is 0 Å². The Morgan fingerprint density at radius 2 is 1.46 bits per heavy atom. The Labute approximate surface area is 178 Å². The van der Waals surface area contributed by atoms with E-state index in [0.29, 0.717) is 6.10 Å². The molecule has 1 rings (SSSR count). The van der Waals surface area contributed by atoms with E-state index < -0.39 is 0 Å². The van der Waals surface area contributed by atoms with Crippen molar-refractivity contribution >= 4 is 38.1 Å². The standard InChI is InChI=1S/C22H40Br2O2/c23-17-20(14-15-21(18-24)19-25)11-7-4-2-1-3-5-10-16-26-22-12-8-6-9-13-22/h19-22H,1-18H2. The molecule has 0 spiro atoms. The van der Waals surface area contributed by atoms with Crippen LogP contribution in [0.5, 0.6) is 0 Å². The third-order valence-corrected chi connectivity index (χ3v) is 7.46. The van der Waals surface area contributed by atoms with Crippen LogP contribution < -0.4 is 0 Å². The van der Waals surface area contributed by atoms with Gasteiger partial charge in [0.1, 0.15) is 6.29 Å². The van der Waals surface area contributed by atoms with Crippen molar-refractivity contribution in [2.45, 2.75) is 102 Å². The van der Waals surface area contributed by atoms with Crippen molar-refractivity contribution in [3.63, 3.8) is 0 Å². The van der Waals surface area contributed by atoms with E-state index in [1.54, 1.807) is 0 Å². The minimum Gasteiger partial charge on any atom is -0.378 e. The molecule has 2 nitrogen and oxygen atoms in total. The number of rotatable bonds is 17. The lowest BCUT2D eigenvalue weighted by molar-refractivity contribution is -0.110. The summed E-state index contributed by atoms with van der Waals surface area (Å²) >= 11 is 7.07. The van der Waals surface area contributed by atoms with Gasteiger partial charge in [-0.1, -0.05) is 89.6 Å². The van der Waals surface area contributed by atoms with Gasteiger partial charge in [-0.05, 0) is 44.4 Å². The van der Waals surface area contributed by atoms with Crippen LogP contribution in [0.3, 0.4) is 0 Å². The molecule has 0 saturated heterocycles. The molecule has 0 N–H and O–H groups in total. The fraction of sp³-hybridized carbons (Fsp3) is 0.955. The van der Waals surface area contributed by atoms with Crippen LogP contribution >= 0.6 is 31.9 Å². The van der Waals surface area contributed by atoms with Gasteiger partial charge in [-0.25, -0.2) is 0 Å². The Kier molecular flexibility index (Phi) is 16.7. The Bertz CT molecular complexity index is 319. The molecule has 0 amide bonds. The zero-order chi connectivity index (χ0) is 18.9. The van der Waals surface area contributed by atoms with Crippen molar-refractivity contribution in [2.75, 3.05) is 17.3 Å². The Morgan fingerprint density at radius 3 is 2.08 bits per heavy atom. The lowest BCUT2D eigenvalue weighted by Crippen LogP contribution is -2.17. The van der Waals surface area contributed by atoms with Crippen molar-refractivity contribution in [3.05, 3.63) is 0 Å². The second-order valence-corrected chi connectivity index (χ2v) is 9.34. The SMILES string of the molecule is O=CC(CBr)CCC(CBr)CCCCCCCCCOC1CCCCC1. The molecule has 4 heteroatoms. The average Bonchev–Trinajstić information content (AvgIpc) is 2.69. The van der Waals surface area contributed by atoms with E-state index in [-0.39, 0.29) is 5.92 Å². The van der Waals surface area contributed by atoms with Gasteiger partial charge in [0.25, 0.3) is 0 Å². The normalized spacial score (nSPS) is 17.9. The molecule has 0 aromatic carbocycles. The molecule has 1 saturated carbocycles. The molecule has 0 aliphatic heterocycles. The highest BCUT2D eigenvalue weighted by Gasteiger charge is 2.13. The van der Waals surface area contributed by atoms with Crippen molar-refractivity contribution in [1.82, 2.24) is 0 Å². The van der Waals surface area contributed by atoms with Crippen LogP contribution in [0.4, 0.5) is 0 Å². The van der Waals surface area contributed by atoms with E-state index in [4.69, 9.17) is 4.74 Å². The molecule has 0 heterocycles. The van der Waals surface area contributed by atoms with Crippen LogP contribution in [0, 0.1) is 11.8 Å². The van der Waals surface area contributed by atoms with Crippen molar-refractivity contribution in [1.29, 1.82) is 0 Å². The first-order valence-electron chi connectivity index (χ1n) is 11.0. The van der Waals surface area contributed by atoms with Crippen LogP contribution in [-0.4, -0.2) is 29.7 Å². The first-order valence-corrected chi connectivity index (χ1v) is 13.2. The number of hydrogen-bond donors (Lipinski definition) is 0. The molecule has 154 valence electrons. The zero-order valence-electron chi connectivity index (χ0n) is 16.6. The monoisotopic (exact) mass is 494 g/mol. The van der Waals surface area contributed by atoms with Crippen LogP contribution in [0.25, 0.3) is 0 Å². The molecule has 2 atom stereocenters. The fourth-order valence-electron chi connectivity index (χ4n) is 3.83. The summed E-state index contributed by atoms with van der Waals surface area (Å²) in [6, 6.07) is 0. The second kappa shape index (κ2) is 17.7. The molecule has 1 aliphatic carbocycles. The molecular formula is C22H40Br2O2. The molecular weight excluding hydrogens is 456 g/mol. The van der Waals surface area contributed by atoms with E-state index >= 15 is 0 Å². The maximum absolute atomic E-state index is 10.9. The number of unbranched alkanes of at least 4 members (excludes halogenated alkanes) is 6. The Balaban J connectivity index is 1.86. The molecule has 0 aromatic rings. The Morgan fingerprint density at radius 1 is 0.808 bits per heavy atom. The summed E-state index contributed by atoms with van der Waals surface area (Å²) in [7, 11) is 0. The smallest absolute Gasteiger partial charge is 0.123 e. The van der Waals surface area contributed by atoms with Gasteiger partial charge in [-0.15, -0.1) is 0 Å². The number of aldehydes is 1. The number of hydrogen-bond acceptors (Lipinski definition) is 2. The average molecular weight is 496 g/mol. The first kappa shape index (κ1) is 24.6. The summed E-state index contributed by atoms with van der Waals surface area (Å²) in [5.41, 5.74) is 0. The second-order valence-electron chi connectivity index (χ2n) is 8.04. The summed E-state index contributed by atoms with van der Waals surface area (Å²) in [5, 5.41) is 1.87. The summed E-state index contributed by atoms with van der Waals surface area (Å²) in [6.07, 6.45) is 21.3. The summed E-state index contributed by atoms with van der Waals surface area (Å²) in [6.45, 7) is 0.980. The number of halogens is 2. The largest absolute Gasteiger partial charge is 0.378 e. The van der Waals surface area contributed by atoms with Crippen LogP contribution in [0.1, 0.15) is 96.3 Å². The molecule has 0 bridgehead atoms. The van der Waals surface area contributed by atoms with E-state index in [1.807, 2.05) is 0 Å². The van der Waals surface area contributed by atoms with Crippen molar-refractivity contribution < 1.29 is 9.53 Å². The van der Waals surface area contributed by atoms with E-state index in [1.165, 1.54) is 89.9 Å². The molecule has 0 aromatic heterocycles.